The molecular formula is C21H22FN3O2. The quantitative estimate of drug-likeness (QED) is 0.662. The zero-order chi connectivity index (χ0) is 19.2. The Morgan fingerprint density at radius 2 is 2.15 bits per heavy atom. The number of pyridine rings is 1. The molecule has 1 unspecified atom stereocenters. The first-order valence-electron chi connectivity index (χ1n) is 9.01. The summed E-state index contributed by atoms with van der Waals surface area (Å²) in [4.78, 5) is 18.4. The highest BCUT2D eigenvalue weighted by molar-refractivity contribution is 5.66. The Labute approximate surface area is 157 Å². The molecule has 3 heterocycles. The molecule has 0 spiro atoms. The van der Waals surface area contributed by atoms with Crippen molar-refractivity contribution in [2.75, 3.05) is 11.5 Å². The van der Waals surface area contributed by atoms with Gasteiger partial charge in [-0.1, -0.05) is 12.1 Å². The van der Waals surface area contributed by atoms with Crippen LogP contribution in [0.3, 0.4) is 0 Å². The van der Waals surface area contributed by atoms with Crippen LogP contribution < -0.4 is 4.90 Å². The molecule has 0 saturated carbocycles. The van der Waals surface area contributed by atoms with E-state index in [1.54, 1.807) is 6.07 Å². The number of halogens is 1. The molecular weight excluding hydrogens is 345 g/mol. The van der Waals surface area contributed by atoms with E-state index < -0.39 is 5.54 Å². The number of ether oxygens (including phenoxy) is 1. The third-order valence-electron chi connectivity index (χ3n) is 5.23. The summed E-state index contributed by atoms with van der Waals surface area (Å²) in [5, 5.41) is 0. The number of esters is 1. The minimum atomic E-state index is -0.440. The second kappa shape index (κ2) is 6.37. The van der Waals surface area contributed by atoms with Gasteiger partial charge < -0.3 is 14.0 Å². The number of nitrogens with zero attached hydrogens (tertiary/aromatic N) is 3. The molecule has 1 atom stereocenters. The second-order valence-electron chi connectivity index (χ2n) is 7.46. The number of hydrogen-bond acceptors (Lipinski definition) is 4. The van der Waals surface area contributed by atoms with E-state index in [2.05, 4.69) is 18.7 Å². The molecule has 0 fully saturated rings. The van der Waals surface area contributed by atoms with Crippen molar-refractivity contribution in [2.24, 2.45) is 0 Å². The lowest BCUT2D eigenvalue weighted by molar-refractivity contribution is -0.141. The number of anilines is 1. The van der Waals surface area contributed by atoms with E-state index in [9.17, 15) is 9.18 Å². The van der Waals surface area contributed by atoms with Crippen LogP contribution in [0.25, 0.3) is 5.65 Å². The number of hydrogen-bond donors (Lipinski definition) is 0. The lowest BCUT2D eigenvalue weighted by Gasteiger charge is -2.49. The van der Waals surface area contributed by atoms with E-state index >= 15 is 0 Å². The fraction of sp³-hybridized carbons (Fsp3) is 0.333. The zero-order valence-corrected chi connectivity index (χ0v) is 15.6. The minimum Gasteiger partial charge on any atom is -0.464 e. The van der Waals surface area contributed by atoms with Gasteiger partial charge in [0.25, 0.3) is 0 Å². The number of aromatic nitrogens is 2. The molecule has 6 heteroatoms. The molecule has 0 N–H and O–H groups in total. The standard InChI is InChI=1S/C21H22FN3O2/c1-14(26)27-13-17-11-15-10-16(22)7-8-18(15)21(2,3)25(17)20-12-24-9-5-4-6-19(24)23-20/h4-10,12,17H,11,13H2,1-3H3. The molecule has 0 saturated heterocycles. The lowest BCUT2D eigenvalue weighted by atomic mass is 9.80. The van der Waals surface area contributed by atoms with Crippen LogP contribution in [0.15, 0.2) is 48.8 Å². The Morgan fingerprint density at radius 3 is 2.89 bits per heavy atom. The molecule has 2 aromatic heterocycles. The molecule has 140 valence electrons. The Hall–Kier alpha value is -2.89. The van der Waals surface area contributed by atoms with Crippen molar-refractivity contribution < 1.29 is 13.9 Å². The predicted molar refractivity (Wildman–Crippen MR) is 101 cm³/mol. The fourth-order valence-electron chi connectivity index (χ4n) is 4.12. The molecule has 0 aliphatic carbocycles. The Bertz CT molecular complexity index is 979. The van der Waals surface area contributed by atoms with E-state index in [-0.39, 0.29) is 24.4 Å². The van der Waals surface area contributed by atoms with Crippen molar-refractivity contribution in [3.63, 3.8) is 0 Å². The van der Waals surface area contributed by atoms with Crippen LogP contribution in [0, 0.1) is 5.82 Å². The Kier molecular flexibility index (Phi) is 4.13. The van der Waals surface area contributed by atoms with Crippen molar-refractivity contribution in [3.05, 3.63) is 65.7 Å². The topological polar surface area (TPSA) is 46.8 Å². The SMILES string of the molecule is CC(=O)OCC1Cc2cc(F)ccc2C(C)(C)N1c1cn2ccccc2n1. The molecule has 1 aliphatic rings. The minimum absolute atomic E-state index is 0.136. The third-order valence-corrected chi connectivity index (χ3v) is 5.23. The van der Waals surface area contributed by atoms with Gasteiger partial charge in [0.1, 0.15) is 23.9 Å². The van der Waals surface area contributed by atoms with Crippen LogP contribution in [0.4, 0.5) is 10.2 Å². The van der Waals surface area contributed by atoms with Gasteiger partial charge in [-0.15, -0.1) is 0 Å². The maximum Gasteiger partial charge on any atom is 0.302 e. The smallest absolute Gasteiger partial charge is 0.302 e. The van der Waals surface area contributed by atoms with Crippen molar-refractivity contribution in [1.82, 2.24) is 9.38 Å². The van der Waals surface area contributed by atoms with Crippen molar-refractivity contribution in [2.45, 2.75) is 38.8 Å². The molecule has 4 rings (SSSR count). The molecule has 0 amide bonds. The van der Waals surface area contributed by atoms with Crippen molar-refractivity contribution >= 4 is 17.4 Å². The maximum absolute atomic E-state index is 13.8. The number of rotatable bonds is 3. The van der Waals surface area contributed by atoms with Crippen molar-refractivity contribution in [1.29, 1.82) is 0 Å². The normalized spacial score (nSPS) is 18.4. The summed E-state index contributed by atoms with van der Waals surface area (Å²) < 4.78 is 21.1. The molecule has 1 aliphatic heterocycles. The van der Waals surface area contributed by atoms with E-state index in [1.165, 1.54) is 13.0 Å². The van der Waals surface area contributed by atoms with Crippen LogP contribution in [-0.4, -0.2) is 28.0 Å². The van der Waals surface area contributed by atoms with Gasteiger partial charge in [0.05, 0.1) is 17.8 Å². The van der Waals surface area contributed by atoms with Crippen LogP contribution in [0.1, 0.15) is 31.9 Å². The van der Waals surface area contributed by atoms with E-state index in [4.69, 9.17) is 9.72 Å². The number of carbonyl (C=O) groups is 1. The summed E-state index contributed by atoms with van der Waals surface area (Å²) in [5.41, 5.74) is 2.40. The Morgan fingerprint density at radius 1 is 1.33 bits per heavy atom. The summed E-state index contributed by atoms with van der Waals surface area (Å²) in [7, 11) is 0. The summed E-state index contributed by atoms with van der Waals surface area (Å²) in [6.07, 6.45) is 4.51. The molecule has 3 aromatic rings. The summed E-state index contributed by atoms with van der Waals surface area (Å²) in [5.74, 6) is 0.225. The van der Waals surface area contributed by atoms with Crippen LogP contribution in [0.2, 0.25) is 0 Å². The van der Waals surface area contributed by atoms with Gasteiger partial charge in [-0.25, -0.2) is 9.37 Å². The van der Waals surface area contributed by atoms with Gasteiger partial charge in [-0.2, -0.15) is 0 Å². The highest BCUT2D eigenvalue weighted by Crippen LogP contribution is 2.41. The monoisotopic (exact) mass is 367 g/mol. The summed E-state index contributed by atoms with van der Waals surface area (Å²) in [6.45, 7) is 5.81. The van der Waals surface area contributed by atoms with Crippen LogP contribution in [-0.2, 0) is 21.5 Å². The van der Waals surface area contributed by atoms with Crippen LogP contribution >= 0.6 is 0 Å². The van der Waals surface area contributed by atoms with E-state index in [1.807, 2.05) is 41.1 Å². The van der Waals surface area contributed by atoms with E-state index in [0.29, 0.717) is 6.42 Å². The number of imidazole rings is 1. The fourth-order valence-corrected chi connectivity index (χ4v) is 4.12. The van der Waals surface area contributed by atoms with Gasteiger partial charge in [0, 0.05) is 13.1 Å². The molecule has 0 radical (unpaired) electrons. The number of benzene rings is 1. The Balaban J connectivity index is 1.83. The van der Waals surface area contributed by atoms with Crippen LogP contribution in [0.5, 0.6) is 0 Å². The number of fused-ring (bicyclic) bond motifs is 2. The zero-order valence-electron chi connectivity index (χ0n) is 15.6. The third kappa shape index (κ3) is 3.05. The average Bonchev–Trinajstić information content (AvgIpc) is 3.02. The van der Waals surface area contributed by atoms with Gasteiger partial charge in [-0.05, 0) is 55.7 Å². The highest BCUT2D eigenvalue weighted by Gasteiger charge is 2.42. The van der Waals surface area contributed by atoms with Gasteiger partial charge in [0.2, 0.25) is 0 Å². The molecule has 27 heavy (non-hydrogen) atoms. The molecule has 5 nitrogen and oxygen atoms in total. The van der Waals surface area contributed by atoms with Gasteiger partial charge in [-0.3, -0.25) is 4.79 Å². The molecule has 0 bridgehead atoms. The first-order chi connectivity index (χ1) is 12.9. The second-order valence-corrected chi connectivity index (χ2v) is 7.46. The van der Waals surface area contributed by atoms with Gasteiger partial charge >= 0.3 is 5.97 Å². The molecule has 1 aromatic carbocycles. The lowest BCUT2D eigenvalue weighted by Crippen LogP contribution is -2.55. The van der Waals surface area contributed by atoms with Gasteiger partial charge in [0.15, 0.2) is 0 Å². The highest BCUT2D eigenvalue weighted by atomic mass is 19.1. The summed E-state index contributed by atoms with van der Waals surface area (Å²) in [6, 6.07) is 10.6. The first kappa shape index (κ1) is 17.5. The average molecular weight is 367 g/mol. The largest absolute Gasteiger partial charge is 0.464 e. The maximum atomic E-state index is 13.8. The predicted octanol–water partition coefficient (Wildman–Crippen LogP) is 3.70. The first-order valence-corrected chi connectivity index (χ1v) is 9.01. The summed E-state index contributed by atoms with van der Waals surface area (Å²) >= 11 is 0. The van der Waals surface area contributed by atoms with Crippen molar-refractivity contribution in [3.8, 4) is 0 Å². The van der Waals surface area contributed by atoms with E-state index in [0.717, 1.165) is 22.6 Å². The number of carbonyl (C=O) groups excluding carboxylic acids is 1.